The Morgan fingerprint density at radius 1 is 0.541 bits per heavy atom. The number of nitrogens with zero attached hydrogens (tertiary/aromatic N) is 2. The zero-order valence-corrected chi connectivity index (χ0v) is 27.9. The lowest BCUT2D eigenvalue weighted by atomic mass is 10.2. The Hall–Kier alpha value is 0.800. The van der Waals surface area contributed by atoms with Crippen molar-refractivity contribution in [1.82, 2.24) is 9.80 Å². The maximum Gasteiger partial charge on any atom is 0.345 e. The Morgan fingerprint density at radius 2 is 0.730 bits per heavy atom. The largest absolute Gasteiger partial charge is 0.345 e. The summed E-state index contributed by atoms with van der Waals surface area (Å²) in [7, 11) is -6.82. The van der Waals surface area contributed by atoms with E-state index >= 15 is 0 Å². The fraction of sp³-hybridized carbons (Fsp3) is 1.00. The first kappa shape index (κ1) is 42.3. The van der Waals surface area contributed by atoms with Crippen molar-refractivity contribution in [1.29, 1.82) is 0 Å². The molecule has 0 aromatic heterocycles. The molecule has 0 saturated heterocycles. The molecule has 0 bridgehead atoms. The molecule has 0 spiro atoms. The molecule has 2 unspecified atom stereocenters. The van der Waals surface area contributed by atoms with E-state index in [0.717, 1.165) is 0 Å². The molecule has 0 heterocycles. The summed E-state index contributed by atoms with van der Waals surface area (Å²) in [4.78, 5) is 21.5. The molecule has 0 aliphatic carbocycles. The van der Waals surface area contributed by atoms with Gasteiger partial charge in [-0.2, -0.15) is 0 Å². The highest BCUT2D eigenvalue weighted by molar-refractivity contribution is 7.33. The van der Waals surface area contributed by atoms with E-state index < -0.39 is 21.2 Å². The van der Waals surface area contributed by atoms with E-state index in [1.165, 1.54) is 116 Å². The molecule has 0 fully saturated rings. The van der Waals surface area contributed by atoms with Crippen LogP contribution in [0.4, 0.5) is 0 Å². The topological polar surface area (TPSA) is 99.5 Å². The lowest BCUT2D eigenvalue weighted by Gasteiger charge is -2.21. The average Bonchev–Trinajstić information content (AvgIpc) is 2.82. The first-order chi connectivity index (χ1) is 17.5. The van der Waals surface area contributed by atoms with E-state index in [1.54, 1.807) is 0 Å². The van der Waals surface area contributed by atoms with Crippen LogP contribution in [-0.2, 0) is 18.2 Å². The predicted molar refractivity (Wildman–Crippen MR) is 161 cm³/mol. The lowest BCUT2D eigenvalue weighted by molar-refractivity contribution is 0.0328. The summed E-state index contributed by atoms with van der Waals surface area (Å²) in [6.07, 6.45) is 16.2. The summed E-state index contributed by atoms with van der Waals surface area (Å²) in [5.41, 5.74) is 0. The number of hydrogen-bond donors (Lipinski definition) is 2. The van der Waals surface area contributed by atoms with Crippen LogP contribution in [0.15, 0.2) is 0 Å². The summed E-state index contributed by atoms with van der Waals surface area (Å²) in [5.74, 6) is 0. The van der Waals surface area contributed by atoms with E-state index in [4.69, 9.17) is 33.0 Å². The van der Waals surface area contributed by atoms with Crippen molar-refractivity contribution in [3.63, 3.8) is 0 Å². The van der Waals surface area contributed by atoms with E-state index in [0.29, 0.717) is 0 Å². The highest BCUT2D eigenvalue weighted by Gasteiger charge is 2.30. The van der Waals surface area contributed by atoms with Gasteiger partial charge in [-0.15, -0.1) is 0 Å². The standard InChI is InChI=1S/2C12H27N.CH4Cl2O6P2/c2*1-4-7-10-13(11-8-5-2)12-9-6-3;2-1(3,8-10(4)5)9-11(6)7/h2*4-12H2,1-3H3;10-11H,(H,4,5)(H,6,7). The van der Waals surface area contributed by atoms with Gasteiger partial charge in [-0.05, 0) is 101 Å². The summed E-state index contributed by atoms with van der Waals surface area (Å²) < 4.78 is 25.0. The monoisotopic (exact) mass is 614 g/mol. The van der Waals surface area contributed by atoms with Crippen LogP contribution >= 0.6 is 39.7 Å². The fourth-order valence-electron chi connectivity index (χ4n) is 3.19. The Bertz CT molecular complexity index is 444. The van der Waals surface area contributed by atoms with Crippen LogP contribution in [0.2, 0.25) is 0 Å². The van der Waals surface area contributed by atoms with Crippen LogP contribution in [0.25, 0.3) is 0 Å². The van der Waals surface area contributed by atoms with E-state index in [2.05, 4.69) is 60.4 Å². The van der Waals surface area contributed by atoms with Gasteiger partial charge in [0.05, 0.1) is 0 Å². The molecule has 8 nitrogen and oxygen atoms in total. The molecule has 0 aliphatic heterocycles. The van der Waals surface area contributed by atoms with Gasteiger partial charge in [0.25, 0.3) is 0 Å². The van der Waals surface area contributed by atoms with Crippen molar-refractivity contribution in [2.24, 2.45) is 0 Å². The van der Waals surface area contributed by atoms with Gasteiger partial charge in [0, 0.05) is 0 Å². The molecule has 0 aromatic rings. The van der Waals surface area contributed by atoms with Crippen LogP contribution < -0.4 is 0 Å². The molecule has 0 aliphatic rings. The quantitative estimate of drug-likeness (QED) is 0.0714. The van der Waals surface area contributed by atoms with Crippen molar-refractivity contribution in [2.45, 2.75) is 123 Å². The third kappa shape index (κ3) is 36.8. The zero-order chi connectivity index (χ0) is 29.0. The smallest absolute Gasteiger partial charge is 0.326 e. The molecular weight excluding hydrogens is 557 g/mol. The zero-order valence-electron chi connectivity index (χ0n) is 24.4. The van der Waals surface area contributed by atoms with Gasteiger partial charge in [-0.1, -0.05) is 80.1 Å². The minimum Gasteiger partial charge on any atom is -0.326 e. The molecule has 228 valence electrons. The molecule has 0 aromatic carbocycles. The van der Waals surface area contributed by atoms with Crippen LogP contribution in [0, 0.1) is 0 Å². The number of unbranched alkanes of at least 4 members (excludes halogenated alkanes) is 6. The Labute approximate surface area is 239 Å². The molecule has 0 radical (unpaired) electrons. The average molecular weight is 616 g/mol. The number of rotatable bonds is 22. The summed E-state index contributed by atoms with van der Waals surface area (Å²) in [5, 5.41) is 0. The van der Waals surface area contributed by atoms with Crippen molar-refractivity contribution >= 4 is 39.7 Å². The van der Waals surface area contributed by atoms with Gasteiger partial charge in [0.15, 0.2) is 0 Å². The predicted octanol–water partition coefficient (Wildman–Crippen LogP) is 8.25. The van der Waals surface area contributed by atoms with Gasteiger partial charge in [0.2, 0.25) is 0 Å². The van der Waals surface area contributed by atoms with Gasteiger partial charge in [-0.3, -0.25) is 9.13 Å². The summed E-state index contributed by atoms with van der Waals surface area (Å²) in [6.45, 7) is 21.5. The highest BCUT2D eigenvalue weighted by Crippen LogP contribution is 2.40. The number of alkyl halides is 2. The summed E-state index contributed by atoms with van der Waals surface area (Å²) >= 11 is 9.96. The molecular formula is C25H58Cl2N2O6P2. The lowest BCUT2D eigenvalue weighted by Crippen LogP contribution is -2.27. The van der Waals surface area contributed by atoms with Crippen molar-refractivity contribution < 1.29 is 28.0 Å². The van der Waals surface area contributed by atoms with Gasteiger partial charge in [-0.25, -0.2) is 9.05 Å². The molecule has 0 rings (SSSR count). The van der Waals surface area contributed by atoms with Crippen LogP contribution in [0.1, 0.15) is 119 Å². The van der Waals surface area contributed by atoms with Crippen molar-refractivity contribution in [3.05, 3.63) is 0 Å². The molecule has 0 amide bonds. The molecule has 12 heteroatoms. The van der Waals surface area contributed by atoms with Crippen molar-refractivity contribution in [2.75, 3.05) is 39.3 Å². The second-order valence-electron chi connectivity index (χ2n) is 9.00. The van der Waals surface area contributed by atoms with Gasteiger partial charge < -0.3 is 19.6 Å². The van der Waals surface area contributed by atoms with Crippen LogP contribution in [0.3, 0.4) is 0 Å². The van der Waals surface area contributed by atoms with Crippen molar-refractivity contribution in [3.8, 4) is 0 Å². The maximum atomic E-state index is 9.94. The highest BCUT2D eigenvalue weighted by atomic mass is 35.5. The number of halogens is 2. The van der Waals surface area contributed by atoms with Crippen LogP contribution in [0.5, 0.6) is 0 Å². The van der Waals surface area contributed by atoms with Crippen LogP contribution in [-0.4, -0.2) is 63.6 Å². The van der Waals surface area contributed by atoms with Gasteiger partial charge in [0.1, 0.15) is 0 Å². The second-order valence-corrected chi connectivity index (χ2v) is 11.7. The minimum absolute atomic E-state index is 1.32. The van der Waals surface area contributed by atoms with E-state index in [9.17, 15) is 9.13 Å². The molecule has 0 saturated carbocycles. The molecule has 37 heavy (non-hydrogen) atoms. The molecule has 2 N–H and O–H groups in total. The third-order valence-corrected chi connectivity index (χ3v) is 7.13. The van der Waals surface area contributed by atoms with E-state index in [-0.39, 0.29) is 0 Å². The Kier molecular flexibility index (Phi) is 35.8. The second kappa shape index (κ2) is 31.3. The number of hydrogen-bond acceptors (Lipinski definition) is 6. The minimum atomic E-state index is -3.41. The normalized spacial score (nSPS) is 13.1. The SMILES string of the molecule is CCCCN(CCCC)CCCC.CCCCN(CCCC)CCCC.O=[PH](O)OC(Cl)(Cl)O[PH](=O)O. The molecule has 2 atom stereocenters. The third-order valence-electron chi connectivity index (χ3n) is 5.38. The van der Waals surface area contributed by atoms with E-state index in [1.807, 2.05) is 0 Å². The van der Waals surface area contributed by atoms with Gasteiger partial charge >= 0.3 is 21.2 Å². The first-order valence-corrected chi connectivity index (χ1v) is 17.5. The first-order valence-electron chi connectivity index (χ1n) is 14.2. The Balaban J connectivity index is -0.000000471. The fourth-order valence-corrected chi connectivity index (χ4v) is 4.55. The maximum absolute atomic E-state index is 9.94. The summed E-state index contributed by atoms with van der Waals surface area (Å²) in [6, 6.07) is 0. The Morgan fingerprint density at radius 3 is 0.865 bits per heavy atom.